The first-order chi connectivity index (χ1) is 18.0. The molecule has 8 heteroatoms. The van der Waals surface area contributed by atoms with Crippen molar-refractivity contribution >= 4 is 52.0 Å². The number of thiocarbonyl (C=S) groups is 1. The Morgan fingerprint density at radius 1 is 1.05 bits per heavy atom. The van der Waals surface area contributed by atoms with Crippen LogP contribution in [0.3, 0.4) is 0 Å². The van der Waals surface area contributed by atoms with Gasteiger partial charge >= 0.3 is 5.97 Å². The minimum absolute atomic E-state index is 0.101. The summed E-state index contributed by atoms with van der Waals surface area (Å²) in [6, 6.07) is 22.9. The number of ether oxygens (including phenoxy) is 1. The molecule has 37 heavy (non-hydrogen) atoms. The number of carbonyl (C=O) groups is 3. The van der Waals surface area contributed by atoms with Gasteiger partial charge in [-0.05, 0) is 53.0 Å². The Hall–Kier alpha value is -4.04. The lowest BCUT2D eigenvalue weighted by atomic mass is 10.0. The van der Waals surface area contributed by atoms with Gasteiger partial charge in [-0.25, -0.2) is 0 Å². The quantitative estimate of drug-likeness (QED) is 0.206. The fourth-order valence-corrected chi connectivity index (χ4v) is 4.58. The SMILES string of the molecule is O=C(/C=C/c1cccc2ccccc12)NC(=S)N1CCNC(=O)C1CC(=O)OCCCc1ccccc1. The number of hydrogen-bond donors (Lipinski definition) is 2. The van der Waals surface area contributed by atoms with Crippen molar-refractivity contribution in [2.75, 3.05) is 19.7 Å². The van der Waals surface area contributed by atoms with Gasteiger partial charge in [0.15, 0.2) is 5.11 Å². The molecule has 4 rings (SSSR count). The van der Waals surface area contributed by atoms with Gasteiger partial charge in [-0.1, -0.05) is 72.8 Å². The maximum Gasteiger partial charge on any atom is 0.308 e. The fraction of sp³-hybridized carbons (Fsp3) is 0.241. The zero-order valence-corrected chi connectivity index (χ0v) is 21.2. The normalized spacial score (nSPS) is 15.4. The average Bonchev–Trinajstić information content (AvgIpc) is 2.91. The maximum atomic E-state index is 12.6. The molecule has 0 radical (unpaired) electrons. The van der Waals surface area contributed by atoms with E-state index in [9.17, 15) is 14.4 Å². The van der Waals surface area contributed by atoms with Crippen molar-refractivity contribution in [1.29, 1.82) is 0 Å². The van der Waals surface area contributed by atoms with E-state index >= 15 is 0 Å². The molecular weight excluding hydrogens is 486 g/mol. The molecule has 0 saturated carbocycles. The van der Waals surface area contributed by atoms with Crippen LogP contribution < -0.4 is 10.6 Å². The Kier molecular flexibility index (Phi) is 8.99. The predicted molar refractivity (Wildman–Crippen MR) is 148 cm³/mol. The van der Waals surface area contributed by atoms with Crippen LogP contribution in [0.1, 0.15) is 24.0 Å². The van der Waals surface area contributed by atoms with E-state index in [-0.39, 0.29) is 24.0 Å². The minimum atomic E-state index is -0.842. The number of esters is 1. The van der Waals surface area contributed by atoms with Gasteiger partial charge in [0, 0.05) is 19.2 Å². The summed E-state index contributed by atoms with van der Waals surface area (Å²) < 4.78 is 5.36. The molecule has 1 aliphatic rings. The van der Waals surface area contributed by atoms with Crippen molar-refractivity contribution in [3.05, 3.63) is 90.0 Å². The van der Waals surface area contributed by atoms with Crippen LogP contribution >= 0.6 is 12.2 Å². The largest absolute Gasteiger partial charge is 0.466 e. The first-order valence-electron chi connectivity index (χ1n) is 12.3. The van der Waals surface area contributed by atoms with Crippen molar-refractivity contribution in [2.24, 2.45) is 0 Å². The van der Waals surface area contributed by atoms with Crippen molar-refractivity contribution < 1.29 is 19.1 Å². The molecule has 1 unspecified atom stereocenters. The van der Waals surface area contributed by atoms with Gasteiger partial charge in [-0.2, -0.15) is 0 Å². The molecule has 3 aromatic carbocycles. The van der Waals surface area contributed by atoms with E-state index in [4.69, 9.17) is 17.0 Å². The van der Waals surface area contributed by atoms with Gasteiger partial charge in [0.2, 0.25) is 11.8 Å². The molecule has 1 atom stereocenters. The highest BCUT2D eigenvalue weighted by Crippen LogP contribution is 2.19. The molecule has 1 aliphatic heterocycles. The van der Waals surface area contributed by atoms with Gasteiger partial charge in [0.05, 0.1) is 13.0 Å². The number of carbonyl (C=O) groups excluding carboxylic acids is 3. The molecule has 1 fully saturated rings. The van der Waals surface area contributed by atoms with Gasteiger partial charge < -0.3 is 15.0 Å². The third kappa shape index (κ3) is 7.24. The topological polar surface area (TPSA) is 87.7 Å². The number of benzene rings is 3. The fourth-order valence-electron chi connectivity index (χ4n) is 4.26. The van der Waals surface area contributed by atoms with E-state index in [1.165, 1.54) is 11.6 Å². The Morgan fingerprint density at radius 3 is 2.65 bits per heavy atom. The van der Waals surface area contributed by atoms with E-state index in [0.717, 1.165) is 22.8 Å². The molecule has 3 aromatic rings. The van der Waals surface area contributed by atoms with Crippen molar-refractivity contribution in [3.63, 3.8) is 0 Å². The van der Waals surface area contributed by atoms with Crippen LogP contribution in [0.2, 0.25) is 0 Å². The first-order valence-corrected chi connectivity index (χ1v) is 12.7. The summed E-state index contributed by atoms with van der Waals surface area (Å²) in [5.41, 5.74) is 2.08. The van der Waals surface area contributed by atoms with E-state index in [1.807, 2.05) is 72.8 Å². The lowest BCUT2D eigenvalue weighted by molar-refractivity contribution is -0.147. The lowest BCUT2D eigenvalue weighted by Crippen LogP contribution is -2.60. The molecule has 190 valence electrons. The van der Waals surface area contributed by atoms with E-state index in [0.29, 0.717) is 19.5 Å². The molecule has 1 saturated heterocycles. The molecular formula is C29H29N3O4S. The number of amides is 2. The lowest BCUT2D eigenvalue weighted by Gasteiger charge is -2.36. The third-order valence-electron chi connectivity index (χ3n) is 6.14. The number of fused-ring (bicyclic) bond motifs is 1. The second kappa shape index (κ2) is 12.8. The van der Waals surface area contributed by atoms with Crippen LogP contribution in [-0.4, -0.2) is 53.5 Å². The van der Waals surface area contributed by atoms with Crippen molar-refractivity contribution in [2.45, 2.75) is 25.3 Å². The highest BCUT2D eigenvalue weighted by molar-refractivity contribution is 7.80. The predicted octanol–water partition coefficient (Wildman–Crippen LogP) is 3.62. The third-order valence-corrected chi connectivity index (χ3v) is 6.47. The molecule has 2 N–H and O–H groups in total. The Bertz CT molecular complexity index is 1300. The second-order valence-electron chi connectivity index (χ2n) is 8.71. The number of aryl methyl sites for hydroxylation is 1. The van der Waals surface area contributed by atoms with Crippen molar-refractivity contribution in [3.8, 4) is 0 Å². The van der Waals surface area contributed by atoms with Crippen LogP contribution in [0.5, 0.6) is 0 Å². The first kappa shape index (κ1) is 26.0. The number of rotatable bonds is 8. The maximum absolute atomic E-state index is 12.6. The second-order valence-corrected chi connectivity index (χ2v) is 9.10. The summed E-state index contributed by atoms with van der Waals surface area (Å²) in [4.78, 5) is 39.2. The summed E-state index contributed by atoms with van der Waals surface area (Å²) in [6.45, 7) is 1.01. The number of nitrogens with zero attached hydrogens (tertiary/aromatic N) is 1. The molecule has 1 heterocycles. The Morgan fingerprint density at radius 2 is 1.81 bits per heavy atom. The Labute approximate surface area is 221 Å². The summed E-state index contributed by atoms with van der Waals surface area (Å²) in [5, 5.41) is 7.63. The highest BCUT2D eigenvalue weighted by Gasteiger charge is 2.34. The summed E-state index contributed by atoms with van der Waals surface area (Å²) in [7, 11) is 0. The van der Waals surface area contributed by atoms with Gasteiger partial charge in [-0.3, -0.25) is 19.7 Å². The van der Waals surface area contributed by atoms with Crippen LogP contribution in [0.4, 0.5) is 0 Å². The van der Waals surface area contributed by atoms with E-state index < -0.39 is 17.9 Å². The standard InChI is InChI=1S/C29H29N3O4S/c33-26(16-15-23-13-6-12-22-11-4-5-14-24(22)23)31-29(37)32-18-17-30-28(35)25(32)20-27(34)36-19-7-10-21-8-2-1-3-9-21/h1-6,8-9,11-16,25H,7,10,17-20H2,(H,30,35)(H,31,33,37)/b16-15+. The summed E-state index contributed by atoms with van der Waals surface area (Å²) >= 11 is 5.43. The molecule has 2 amide bonds. The van der Waals surface area contributed by atoms with Gasteiger partial charge in [0.25, 0.3) is 0 Å². The molecule has 7 nitrogen and oxygen atoms in total. The number of hydrogen-bond acceptors (Lipinski definition) is 5. The van der Waals surface area contributed by atoms with Crippen LogP contribution in [0.25, 0.3) is 16.8 Å². The summed E-state index contributed by atoms with van der Waals surface area (Å²) in [6.07, 6.45) is 4.47. The zero-order chi connectivity index (χ0) is 26.0. The van der Waals surface area contributed by atoms with E-state index in [1.54, 1.807) is 11.0 Å². The number of piperazine rings is 1. The summed E-state index contributed by atoms with van der Waals surface area (Å²) in [5.74, 6) is -1.22. The molecule has 0 aliphatic carbocycles. The monoisotopic (exact) mass is 515 g/mol. The minimum Gasteiger partial charge on any atom is -0.466 e. The van der Waals surface area contributed by atoms with Gasteiger partial charge in [0.1, 0.15) is 6.04 Å². The molecule has 0 aromatic heterocycles. The van der Waals surface area contributed by atoms with Crippen LogP contribution in [-0.2, 0) is 25.5 Å². The smallest absolute Gasteiger partial charge is 0.308 e. The van der Waals surface area contributed by atoms with E-state index in [2.05, 4.69) is 10.6 Å². The van der Waals surface area contributed by atoms with Crippen LogP contribution in [0.15, 0.2) is 78.9 Å². The average molecular weight is 516 g/mol. The molecule has 0 bridgehead atoms. The van der Waals surface area contributed by atoms with Crippen molar-refractivity contribution in [1.82, 2.24) is 15.5 Å². The highest BCUT2D eigenvalue weighted by atomic mass is 32.1. The molecule has 0 spiro atoms. The van der Waals surface area contributed by atoms with Crippen LogP contribution in [0, 0.1) is 0 Å². The Balaban J connectivity index is 1.30. The number of nitrogens with one attached hydrogen (secondary N) is 2. The van der Waals surface area contributed by atoms with Gasteiger partial charge in [-0.15, -0.1) is 0 Å². The zero-order valence-electron chi connectivity index (χ0n) is 20.4.